The van der Waals surface area contributed by atoms with Crippen LogP contribution in [0, 0.1) is 0 Å². The summed E-state index contributed by atoms with van der Waals surface area (Å²) >= 11 is 0. The summed E-state index contributed by atoms with van der Waals surface area (Å²) in [5.74, 6) is -2.26. The van der Waals surface area contributed by atoms with Gasteiger partial charge < -0.3 is 48.1 Å². The Kier molecular flexibility index (Phi) is 14.8. The fraction of sp³-hybridized carbons (Fsp3) is 0.484. The largest absolute Gasteiger partial charge is 0.493 e. The first kappa shape index (κ1) is 38.2. The zero-order chi connectivity index (χ0) is 35.3. The van der Waals surface area contributed by atoms with Crippen LogP contribution in [0.5, 0.6) is 34.5 Å². The van der Waals surface area contributed by atoms with Crippen molar-refractivity contribution in [3.8, 4) is 34.5 Å². The van der Waals surface area contributed by atoms with E-state index in [1.165, 1.54) is 52.5 Å². The van der Waals surface area contributed by atoms with Crippen LogP contribution in [0.1, 0.15) is 25.0 Å². The highest BCUT2D eigenvalue weighted by Gasteiger charge is 2.36. The lowest BCUT2D eigenvalue weighted by Gasteiger charge is -2.37. The second-order valence-corrected chi connectivity index (χ2v) is 10.1. The molecule has 0 amide bonds. The molecule has 0 aliphatic heterocycles. The third kappa shape index (κ3) is 11.1. The number of esters is 2. The Morgan fingerprint density at radius 3 is 1.32 bits per heavy atom. The number of aliphatic carboxylic acids is 2. The van der Waals surface area contributed by atoms with Crippen LogP contribution in [0.15, 0.2) is 24.3 Å². The molecule has 0 aromatic heterocycles. The molecule has 0 radical (unpaired) electrons. The van der Waals surface area contributed by atoms with E-state index in [4.69, 9.17) is 37.9 Å². The molecule has 0 fully saturated rings. The summed E-state index contributed by atoms with van der Waals surface area (Å²) in [6.45, 7) is 0.607. The molecular weight excluding hydrogens is 624 g/mol. The zero-order valence-electron chi connectivity index (χ0n) is 27.7. The van der Waals surface area contributed by atoms with E-state index < -0.39 is 49.3 Å². The van der Waals surface area contributed by atoms with Crippen molar-refractivity contribution in [1.82, 2.24) is 9.80 Å². The molecule has 2 rings (SSSR count). The lowest BCUT2D eigenvalue weighted by molar-refractivity contribution is -0.200. The molecule has 16 nitrogen and oxygen atoms in total. The second-order valence-electron chi connectivity index (χ2n) is 10.1. The number of carboxylic acids is 2. The number of hydrogen-bond donors (Lipinski definition) is 2. The normalized spacial score (nSPS) is 11.6. The number of carbonyl (C=O) groups is 4. The molecule has 2 N–H and O–H groups in total. The van der Waals surface area contributed by atoms with Gasteiger partial charge in [-0.25, -0.2) is 0 Å². The number of nitrogens with zero attached hydrogens (tertiary/aromatic N) is 2. The SMILES string of the molecule is COc1cc(CN(CC(=O)O)CC(C(OC(C)=O)OC(C)=O)N(CC(=O)O)Cc2cc(OC)c(OC)c(OC)c2)cc(OC)c1OC. The van der Waals surface area contributed by atoms with Crippen LogP contribution >= 0.6 is 0 Å². The first-order chi connectivity index (χ1) is 22.3. The van der Waals surface area contributed by atoms with Crippen molar-refractivity contribution in [2.75, 3.05) is 62.3 Å². The first-order valence-electron chi connectivity index (χ1n) is 14.1. The van der Waals surface area contributed by atoms with Crippen molar-refractivity contribution in [3.63, 3.8) is 0 Å². The summed E-state index contributed by atoms with van der Waals surface area (Å²) in [6.07, 6.45) is -1.64. The van der Waals surface area contributed by atoms with Gasteiger partial charge in [0.2, 0.25) is 11.5 Å². The first-order valence-corrected chi connectivity index (χ1v) is 14.1. The predicted octanol–water partition coefficient (Wildman–Crippen LogP) is 2.03. The molecule has 260 valence electrons. The minimum atomic E-state index is -1.64. The Morgan fingerprint density at radius 2 is 1.00 bits per heavy atom. The van der Waals surface area contributed by atoms with E-state index in [1.54, 1.807) is 24.3 Å². The van der Waals surface area contributed by atoms with E-state index in [-0.39, 0.29) is 19.6 Å². The fourth-order valence-electron chi connectivity index (χ4n) is 4.93. The number of rotatable bonds is 20. The third-order valence-electron chi connectivity index (χ3n) is 6.73. The topological polar surface area (TPSA) is 189 Å². The number of benzene rings is 2. The fourth-order valence-corrected chi connectivity index (χ4v) is 4.93. The summed E-state index contributed by atoms with van der Waals surface area (Å²) in [4.78, 5) is 51.5. The highest BCUT2D eigenvalue weighted by molar-refractivity contribution is 5.70. The Bertz CT molecular complexity index is 1330. The van der Waals surface area contributed by atoms with Gasteiger partial charge in [0.25, 0.3) is 6.29 Å². The monoisotopic (exact) mass is 666 g/mol. The van der Waals surface area contributed by atoms with Crippen molar-refractivity contribution in [3.05, 3.63) is 35.4 Å². The molecule has 1 unspecified atom stereocenters. The maximum absolute atomic E-state index is 12.2. The maximum atomic E-state index is 12.2. The molecule has 0 aliphatic rings. The van der Waals surface area contributed by atoms with Crippen molar-refractivity contribution >= 4 is 23.9 Å². The Balaban J connectivity index is 2.72. The Labute approximate surface area is 272 Å². The van der Waals surface area contributed by atoms with Crippen LogP contribution in [0.2, 0.25) is 0 Å². The number of carboxylic acid groups (broad SMARTS) is 2. The second kappa shape index (κ2) is 18.3. The van der Waals surface area contributed by atoms with Crippen LogP contribution in [-0.2, 0) is 41.7 Å². The molecule has 0 saturated carbocycles. The molecule has 0 aliphatic carbocycles. The van der Waals surface area contributed by atoms with Gasteiger partial charge in [-0.3, -0.25) is 29.0 Å². The van der Waals surface area contributed by atoms with Gasteiger partial charge in [-0.15, -0.1) is 0 Å². The smallest absolute Gasteiger partial charge is 0.317 e. The minimum absolute atomic E-state index is 0.0303. The van der Waals surface area contributed by atoms with Gasteiger partial charge in [0, 0.05) is 33.5 Å². The Hall–Kier alpha value is -4.96. The molecule has 1 atom stereocenters. The molecule has 16 heteroatoms. The molecule has 2 aromatic carbocycles. The van der Waals surface area contributed by atoms with Crippen LogP contribution in [0.4, 0.5) is 0 Å². The highest BCUT2D eigenvalue weighted by atomic mass is 16.7. The Morgan fingerprint density at radius 1 is 0.617 bits per heavy atom. The quantitative estimate of drug-likeness (QED) is 0.154. The number of methoxy groups -OCH3 is 6. The van der Waals surface area contributed by atoms with Crippen molar-refractivity contribution < 1.29 is 67.3 Å². The number of hydrogen-bond acceptors (Lipinski definition) is 14. The summed E-state index contributed by atoms with van der Waals surface area (Å²) in [5.41, 5.74) is 1.04. The highest BCUT2D eigenvalue weighted by Crippen LogP contribution is 2.40. The van der Waals surface area contributed by atoms with E-state index in [0.717, 1.165) is 13.8 Å². The van der Waals surface area contributed by atoms with Gasteiger partial charge in [-0.1, -0.05) is 0 Å². The standard InChI is InChI=1S/C31H42N2O14/c1-18(34)46-31(47-19(2)35)22(33(17-28(38)39)14-21-11-25(42-5)30(45-8)26(12-21)43-6)15-32(16-27(36)37)13-20-9-23(40-3)29(44-7)24(10-20)41-4/h9-12,22,31H,13-17H2,1-8H3,(H,36,37)(H,38,39). The average molecular weight is 667 g/mol. The molecule has 0 bridgehead atoms. The molecular formula is C31H42N2O14. The maximum Gasteiger partial charge on any atom is 0.317 e. The van der Waals surface area contributed by atoms with E-state index in [2.05, 4.69) is 0 Å². The molecule has 47 heavy (non-hydrogen) atoms. The van der Waals surface area contributed by atoms with Crippen molar-refractivity contribution in [2.45, 2.75) is 39.3 Å². The predicted molar refractivity (Wildman–Crippen MR) is 164 cm³/mol. The number of carbonyl (C=O) groups excluding carboxylic acids is 2. The summed E-state index contributed by atoms with van der Waals surface area (Å²) < 4.78 is 43.3. The summed E-state index contributed by atoms with van der Waals surface area (Å²) in [6, 6.07) is 5.26. The van der Waals surface area contributed by atoms with Gasteiger partial charge in [-0.05, 0) is 35.4 Å². The lowest BCUT2D eigenvalue weighted by Crippen LogP contribution is -2.54. The summed E-state index contributed by atoms with van der Waals surface area (Å²) in [7, 11) is 8.58. The number of ether oxygens (including phenoxy) is 8. The van der Waals surface area contributed by atoms with E-state index in [9.17, 15) is 29.4 Å². The van der Waals surface area contributed by atoms with Crippen LogP contribution in [0.3, 0.4) is 0 Å². The van der Waals surface area contributed by atoms with Crippen molar-refractivity contribution in [2.24, 2.45) is 0 Å². The third-order valence-corrected chi connectivity index (χ3v) is 6.73. The lowest BCUT2D eigenvalue weighted by atomic mass is 10.1. The molecule has 2 aromatic rings. The van der Waals surface area contributed by atoms with Gasteiger partial charge >= 0.3 is 23.9 Å². The van der Waals surface area contributed by atoms with Gasteiger partial charge in [0.15, 0.2) is 23.0 Å². The minimum Gasteiger partial charge on any atom is -0.493 e. The van der Waals surface area contributed by atoms with Crippen LogP contribution in [0.25, 0.3) is 0 Å². The van der Waals surface area contributed by atoms with E-state index in [1.807, 2.05) is 0 Å². The van der Waals surface area contributed by atoms with Crippen molar-refractivity contribution in [1.29, 1.82) is 0 Å². The van der Waals surface area contributed by atoms with Gasteiger partial charge in [-0.2, -0.15) is 0 Å². The van der Waals surface area contributed by atoms with Gasteiger partial charge in [0.05, 0.1) is 61.8 Å². The zero-order valence-corrected chi connectivity index (χ0v) is 27.7. The van der Waals surface area contributed by atoms with E-state index in [0.29, 0.717) is 45.6 Å². The van der Waals surface area contributed by atoms with E-state index >= 15 is 0 Å². The van der Waals surface area contributed by atoms with Crippen LogP contribution < -0.4 is 28.4 Å². The molecule has 0 heterocycles. The molecule has 0 spiro atoms. The summed E-state index contributed by atoms with van der Waals surface area (Å²) in [5, 5.41) is 19.8. The average Bonchev–Trinajstić information content (AvgIpc) is 3.00. The van der Waals surface area contributed by atoms with Crippen LogP contribution in [-0.4, -0.2) is 119 Å². The molecule has 0 saturated heterocycles. The van der Waals surface area contributed by atoms with Gasteiger partial charge in [0.1, 0.15) is 0 Å².